The number of ether oxygens (including phenoxy) is 2. The molecule has 1 aliphatic rings. The molecule has 1 N–H and O–H groups in total. The predicted molar refractivity (Wildman–Crippen MR) is 68.8 cm³/mol. The first-order chi connectivity index (χ1) is 9.19. The molecule has 0 saturated heterocycles. The minimum atomic E-state index is -0.375. The van der Waals surface area contributed by atoms with Gasteiger partial charge in [0, 0.05) is 6.42 Å². The second-order valence-corrected chi connectivity index (χ2v) is 4.46. The molecule has 1 aliphatic heterocycles. The van der Waals surface area contributed by atoms with Crippen molar-refractivity contribution in [2.75, 3.05) is 13.7 Å². The summed E-state index contributed by atoms with van der Waals surface area (Å²) >= 11 is 0. The molecule has 0 aromatic heterocycles. The van der Waals surface area contributed by atoms with Crippen molar-refractivity contribution in [3.63, 3.8) is 0 Å². The van der Waals surface area contributed by atoms with Gasteiger partial charge in [0.2, 0.25) is 5.91 Å². The Kier molecular flexibility index (Phi) is 4.39. The number of carbonyl (C=O) groups is 2. The number of nitrogens with one attached hydrogen (secondary N) is 1. The van der Waals surface area contributed by atoms with Crippen molar-refractivity contribution in [3.8, 4) is 5.75 Å². The SMILES string of the molecule is COC(=O)CCC(=O)NC1COc2ccccc2C1. The van der Waals surface area contributed by atoms with Crippen LogP contribution in [-0.2, 0) is 20.7 Å². The molecule has 0 aliphatic carbocycles. The molecule has 1 amide bonds. The molecule has 1 aromatic carbocycles. The first-order valence-electron chi connectivity index (χ1n) is 6.26. The van der Waals surface area contributed by atoms with Gasteiger partial charge in [0.1, 0.15) is 12.4 Å². The maximum Gasteiger partial charge on any atom is 0.306 e. The molecule has 2 rings (SSSR count). The first-order valence-corrected chi connectivity index (χ1v) is 6.26. The fourth-order valence-electron chi connectivity index (χ4n) is 2.04. The van der Waals surface area contributed by atoms with Crippen LogP contribution in [0.4, 0.5) is 0 Å². The molecule has 0 radical (unpaired) electrons. The number of esters is 1. The largest absolute Gasteiger partial charge is 0.491 e. The number of carbonyl (C=O) groups excluding carboxylic acids is 2. The van der Waals surface area contributed by atoms with Gasteiger partial charge in [-0.05, 0) is 18.1 Å². The second kappa shape index (κ2) is 6.22. The quantitative estimate of drug-likeness (QED) is 0.825. The Morgan fingerprint density at radius 2 is 2.16 bits per heavy atom. The summed E-state index contributed by atoms with van der Waals surface area (Å²) in [5.74, 6) is 0.348. The Labute approximate surface area is 111 Å². The van der Waals surface area contributed by atoms with Gasteiger partial charge in [0.15, 0.2) is 0 Å². The molecular weight excluding hydrogens is 246 g/mol. The van der Waals surface area contributed by atoms with Crippen LogP contribution in [0.25, 0.3) is 0 Å². The van der Waals surface area contributed by atoms with E-state index >= 15 is 0 Å². The Morgan fingerprint density at radius 1 is 1.37 bits per heavy atom. The number of methoxy groups -OCH3 is 1. The number of amides is 1. The first kappa shape index (κ1) is 13.4. The average Bonchev–Trinajstić information content (AvgIpc) is 2.44. The van der Waals surface area contributed by atoms with Crippen LogP contribution in [0, 0.1) is 0 Å². The van der Waals surface area contributed by atoms with Gasteiger partial charge in [0.25, 0.3) is 0 Å². The fourth-order valence-corrected chi connectivity index (χ4v) is 2.04. The van der Waals surface area contributed by atoms with Gasteiger partial charge in [-0.3, -0.25) is 9.59 Å². The van der Waals surface area contributed by atoms with Gasteiger partial charge in [-0.15, -0.1) is 0 Å². The molecule has 0 bridgehead atoms. The maximum absolute atomic E-state index is 11.7. The third-order valence-electron chi connectivity index (χ3n) is 3.03. The minimum Gasteiger partial charge on any atom is -0.491 e. The number of fused-ring (bicyclic) bond motifs is 1. The third-order valence-corrected chi connectivity index (χ3v) is 3.03. The molecule has 1 aromatic rings. The lowest BCUT2D eigenvalue weighted by atomic mass is 10.0. The zero-order valence-corrected chi connectivity index (χ0v) is 10.8. The van der Waals surface area contributed by atoms with E-state index < -0.39 is 0 Å². The van der Waals surface area contributed by atoms with Crippen LogP contribution >= 0.6 is 0 Å². The van der Waals surface area contributed by atoms with E-state index in [1.165, 1.54) is 7.11 Å². The Balaban J connectivity index is 1.82. The molecule has 1 heterocycles. The summed E-state index contributed by atoms with van der Waals surface area (Å²) in [5.41, 5.74) is 1.09. The predicted octanol–water partition coefficient (Wildman–Crippen LogP) is 1.06. The van der Waals surface area contributed by atoms with Crippen LogP contribution < -0.4 is 10.1 Å². The highest BCUT2D eigenvalue weighted by atomic mass is 16.5. The molecule has 1 atom stereocenters. The monoisotopic (exact) mass is 263 g/mol. The Hall–Kier alpha value is -2.04. The Morgan fingerprint density at radius 3 is 2.95 bits per heavy atom. The average molecular weight is 263 g/mol. The third kappa shape index (κ3) is 3.71. The zero-order chi connectivity index (χ0) is 13.7. The molecular formula is C14H17NO4. The van der Waals surface area contributed by atoms with Crippen LogP contribution in [0.3, 0.4) is 0 Å². The maximum atomic E-state index is 11.7. The molecule has 19 heavy (non-hydrogen) atoms. The van der Waals surface area contributed by atoms with Crippen LogP contribution in [0.2, 0.25) is 0 Å². The minimum absolute atomic E-state index is 0.0416. The van der Waals surface area contributed by atoms with Crippen LogP contribution in [0.1, 0.15) is 18.4 Å². The summed E-state index contributed by atoms with van der Waals surface area (Å²) in [6, 6.07) is 7.74. The van der Waals surface area contributed by atoms with E-state index in [-0.39, 0.29) is 30.8 Å². The van der Waals surface area contributed by atoms with Gasteiger partial charge < -0.3 is 14.8 Å². The summed E-state index contributed by atoms with van der Waals surface area (Å²) in [6.07, 6.45) is 0.997. The highest BCUT2D eigenvalue weighted by molar-refractivity contribution is 5.81. The molecule has 0 spiro atoms. The smallest absolute Gasteiger partial charge is 0.306 e. The van der Waals surface area contributed by atoms with Crippen molar-refractivity contribution in [1.29, 1.82) is 0 Å². The number of hydrogen-bond donors (Lipinski definition) is 1. The summed E-state index contributed by atoms with van der Waals surface area (Å²) in [6.45, 7) is 0.459. The fraction of sp³-hybridized carbons (Fsp3) is 0.429. The van der Waals surface area contributed by atoms with Gasteiger partial charge in [0.05, 0.1) is 19.6 Å². The van der Waals surface area contributed by atoms with Crippen molar-refractivity contribution in [2.24, 2.45) is 0 Å². The summed E-state index contributed by atoms with van der Waals surface area (Å²) in [4.78, 5) is 22.6. The highest BCUT2D eigenvalue weighted by Gasteiger charge is 2.21. The van der Waals surface area contributed by atoms with Gasteiger partial charge in [-0.25, -0.2) is 0 Å². The van der Waals surface area contributed by atoms with E-state index in [4.69, 9.17) is 4.74 Å². The number of hydrogen-bond acceptors (Lipinski definition) is 4. The van der Waals surface area contributed by atoms with Gasteiger partial charge in [-0.2, -0.15) is 0 Å². The lowest BCUT2D eigenvalue weighted by Crippen LogP contribution is -2.42. The van der Waals surface area contributed by atoms with Gasteiger partial charge in [-0.1, -0.05) is 18.2 Å². The van der Waals surface area contributed by atoms with E-state index in [2.05, 4.69) is 10.1 Å². The van der Waals surface area contributed by atoms with E-state index in [1.54, 1.807) is 0 Å². The topological polar surface area (TPSA) is 64.6 Å². The number of benzene rings is 1. The van der Waals surface area contributed by atoms with E-state index in [9.17, 15) is 9.59 Å². The molecule has 5 heteroatoms. The van der Waals surface area contributed by atoms with Crippen LogP contribution in [-0.4, -0.2) is 31.6 Å². The van der Waals surface area contributed by atoms with Crippen molar-refractivity contribution in [1.82, 2.24) is 5.32 Å². The van der Waals surface area contributed by atoms with Crippen molar-refractivity contribution < 1.29 is 19.1 Å². The standard InChI is InChI=1S/C14H17NO4/c1-18-14(17)7-6-13(16)15-11-8-10-4-2-3-5-12(10)19-9-11/h2-5,11H,6-9H2,1H3,(H,15,16). The summed E-state index contributed by atoms with van der Waals surface area (Å²) < 4.78 is 10.1. The zero-order valence-electron chi connectivity index (χ0n) is 10.8. The normalized spacial score (nSPS) is 17.0. The molecule has 102 valence electrons. The molecule has 5 nitrogen and oxygen atoms in total. The second-order valence-electron chi connectivity index (χ2n) is 4.46. The van der Waals surface area contributed by atoms with Crippen LogP contribution in [0.15, 0.2) is 24.3 Å². The van der Waals surface area contributed by atoms with E-state index in [1.807, 2.05) is 24.3 Å². The van der Waals surface area contributed by atoms with Crippen molar-refractivity contribution in [3.05, 3.63) is 29.8 Å². The van der Waals surface area contributed by atoms with Crippen LogP contribution in [0.5, 0.6) is 5.75 Å². The lowest BCUT2D eigenvalue weighted by molar-refractivity contribution is -0.142. The highest BCUT2D eigenvalue weighted by Crippen LogP contribution is 2.23. The lowest BCUT2D eigenvalue weighted by Gasteiger charge is -2.26. The molecule has 0 saturated carbocycles. The van der Waals surface area contributed by atoms with E-state index in [0.717, 1.165) is 17.7 Å². The van der Waals surface area contributed by atoms with Crippen molar-refractivity contribution >= 4 is 11.9 Å². The van der Waals surface area contributed by atoms with E-state index in [0.29, 0.717) is 6.61 Å². The number of para-hydroxylation sites is 1. The number of rotatable bonds is 4. The Bertz CT molecular complexity index is 472. The summed E-state index contributed by atoms with van der Waals surface area (Å²) in [7, 11) is 1.31. The van der Waals surface area contributed by atoms with Gasteiger partial charge >= 0.3 is 5.97 Å². The van der Waals surface area contributed by atoms with Crippen molar-refractivity contribution in [2.45, 2.75) is 25.3 Å². The molecule has 0 fully saturated rings. The summed E-state index contributed by atoms with van der Waals surface area (Å²) in [5, 5.41) is 2.87. The molecule has 1 unspecified atom stereocenters.